The molecule has 1 amide bonds. The van der Waals surface area contributed by atoms with Crippen LogP contribution >= 0.6 is 0 Å². The van der Waals surface area contributed by atoms with Crippen molar-refractivity contribution in [2.24, 2.45) is 5.92 Å². The summed E-state index contributed by atoms with van der Waals surface area (Å²) in [5.41, 5.74) is 0.983. The molecule has 0 aliphatic heterocycles. The van der Waals surface area contributed by atoms with Gasteiger partial charge in [0.05, 0.1) is 5.92 Å². The fraction of sp³-hybridized carbons (Fsp3) is 0.529. The Hall–Kier alpha value is -1.84. The highest BCUT2D eigenvalue weighted by atomic mass is 16.4. The molecule has 1 aromatic carbocycles. The molecule has 0 radical (unpaired) electrons. The number of rotatable bonds is 8. The van der Waals surface area contributed by atoms with E-state index in [0.29, 0.717) is 12.3 Å². The van der Waals surface area contributed by atoms with E-state index in [1.165, 1.54) is 0 Å². The Bertz CT molecular complexity index is 482. The predicted octanol–water partition coefficient (Wildman–Crippen LogP) is 2.94. The molecule has 4 heteroatoms. The van der Waals surface area contributed by atoms with Gasteiger partial charge in [0.15, 0.2) is 0 Å². The number of carboxylic acid groups (broad SMARTS) is 1. The Labute approximate surface area is 125 Å². The van der Waals surface area contributed by atoms with Gasteiger partial charge in [-0.25, -0.2) is 4.79 Å². The van der Waals surface area contributed by atoms with Crippen LogP contribution in [-0.4, -0.2) is 23.0 Å². The van der Waals surface area contributed by atoms with E-state index in [0.717, 1.165) is 31.2 Å². The van der Waals surface area contributed by atoms with Gasteiger partial charge in [-0.1, -0.05) is 50.1 Å². The van der Waals surface area contributed by atoms with Gasteiger partial charge in [-0.05, 0) is 30.7 Å². The van der Waals surface area contributed by atoms with Crippen molar-refractivity contribution in [1.29, 1.82) is 0 Å². The third-order valence-corrected chi connectivity index (χ3v) is 4.00. The number of hydrogen-bond acceptors (Lipinski definition) is 2. The number of nitrogens with one attached hydrogen (secondary N) is 1. The average Bonchev–Trinajstić information content (AvgIpc) is 3.29. The number of benzene rings is 1. The summed E-state index contributed by atoms with van der Waals surface area (Å²) in [4.78, 5) is 23.8. The molecule has 114 valence electrons. The zero-order valence-corrected chi connectivity index (χ0v) is 12.4. The molecule has 21 heavy (non-hydrogen) atoms. The summed E-state index contributed by atoms with van der Waals surface area (Å²) in [5, 5.41) is 12.0. The molecule has 1 unspecified atom stereocenters. The Morgan fingerprint density at radius 1 is 1.29 bits per heavy atom. The highest BCUT2D eigenvalue weighted by molar-refractivity contribution is 5.88. The van der Waals surface area contributed by atoms with Gasteiger partial charge >= 0.3 is 5.97 Å². The largest absolute Gasteiger partial charge is 0.480 e. The van der Waals surface area contributed by atoms with Crippen LogP contribution in [0.1, 0.15) is 50.5 Å². The lowest BCUT2D eigenvalue weighted by Gasteiger charge is -2.20. The van der Waals surface area contributed by atoms with Gasteiger partial charge in [0.1, 0.15) is 6.04 Å². The monoisotopic (exact) mass is 289 g/mol. The third kappa shape index (κ3) is 4.31. The van der Waals surface area contributed by atoms with Crippen molar-refractivity contribution in [1.82, 2.24) is 5.32 Å². The first kappa shape index (κ1) is 15.5. The Morgan fingerprint density at radius 2 is 1.95 bits per heavy atom. The quantitative estimate of drug-likeness (QED) is 0.773. The van der Waals surface area contributed by atoms with E-state index >= 15 is 0 Å². The smallest absolute Gasteiger partial charge is 0.326 e. The van der Waals surface area contributed by atoms with Crippen molar-refractivity contribution in [3.8, 4) is 0 Å². The number of amides is 1. The fourth-order valence-electron chi connectivity index (χ4n) is 2.65. The molecule has 2 atom stereocenters. The molecule has 0 saturated heterocycles. The van der Waals surface area contributed by atoms with Gasteiger partial charge in [0.2, 0.25) is 5.91 Å². The first-order chi connectivity index (χ1) is 10.1. The second-order valence-corrected chi connectivity index (χ2v) is 5.77. The topological polar surface area (TPSA) is 66.4 Å². The molecule has 2 rings (SSSR count). The molecule has 4 nitrogen and oxygen atoms in total. The van der Waals surface area contributed by atoms with Crippen molar-refractivity contribution in [2.75, 3.05) is 0 Å². The lowest BCUT2D eigenvalue weighted by Crippen LogP contribution is -2.43. The third-order valence-electron chi connectivity index (χ3n) is 4.00. The standard InChI is InChI=1S/C17H23NO3/c1-2-3-9-14(17(20)21)18-16(19)15(13-10-11-13)12-7-5-4-6-8-12/h4-8,13-15H,2-3,9-11H2,1H3,(H,18,19)(H,20,21)/t14-,15?/m0/s1. The number of carboxylic acids is 1. The summed E-state index contributed by atoms with van der Waals surface area (Å²) in [5.74, 6) is -0.950. The second kappa shape index (κ2) is 7.25. The summed E-state index contributed by atoms with van der Waals surface area (Å²) >= 11 is 0. The van der Waals surface area contributed by atoms with E-state index < -0.39 is 12.0 Å². The zero-order chi connectivity index (χ0) is 15.2. The second-order valence-electron chi connectivity index (χ2n) is 5.77. The molecule has 0 spiro atoms. The Kier molecular flexibility index (Phi) is 5.37. The van der Waals surface area contributed by atoms with Crippen LogP contribution in [0, 0.1) is 5.92 Å². The number of carbonyl (C=O) groups excluding carboxylic acids is 1. The van der Waals surface area contributed by atoms with Crippen molar-refractivity contribution >= 4 is 11.9 Å². The number of hydrogen-bond donors (Lipinski definition) is 2. The lowest BCUT2D eigenvalue weighted by atomic mass is 9.93. The van der Waals surface area contributed by atoms with Gasteiger partial charge in [-0.2, -0.15) is 0 Å². The van der Waals surface area contributed by atoms with E-state index in [2.05, 4.69) is 5.32 Å². The van der Waals surface area contributed by atoms with Crippen LogP contribution in [0.5, 0.6) is 0 Å². The number of aliphatic carboxylic acids is 1. The van der Waals surface area contributed by atoms with Gasteiger partial charge < -0.3 is 10.4 Å². The summed E-state index contributed by atoms with van der Waals surface area (Å²) < 4.78 is 0. The molecule has 1 saturated carbocycles. The minimum Gasteiger partial charge on any atom is -0.480 e. The first-order valence-corrected chi connectivity index (χ1v) is 7.71. The zero-order valence-electron chi connectivity index (χ0n) is 12.4. The number of carbonyl (C=O) groups is 2. The highest BCUT2D eigenvalue weighted by Crippen LogP contribution is 2.42. The molecule has 0 aromatic heterocycles. The molecule has 1 aromatic rings. The van der Waals surface area contributed by atoms with Crippen LogP contribution in [0.2, 0.25) is 0 Å². The van der Waals surface area contributed by atoms with E-state index in [4.69, 9.17) is 0 Å². The Balaban J connectivity index is 2.06. The maximum absolute atomic E-state index is 12.5. The van der Waals surface area contributed by atoms with Gasteiger partial charge in [-0.15, -0.1) is 0 Å². The summed E-state index contributed by atoms with van der Waals surface area (Å²) in [6.45, 7) is 2.01. The summed E-state index contributed by atoms with van der Waals surface area (Å²) in [6, 6.07) is 8.89. The van der Waals surface area contributed by atoms with Crippen LogP contribution < -0.4 is 5.32 Å². The van der Waals surface area contributed by atoms with Gasteiger partial charge in [0, 0.05) is 0 Å². The van der Waals surface area contributed by atoms with Crippen LogP contribution in [-0.2, 0) is 9.59 Å². The normalized spacial score (nSPS) is 17.0. The van der Waals surface area contributed by atoms with Gasteiger partial charge in [0.25, 0.3) is 0 Å². The molecular weight excluding hydrogens is 266 g/mol. The molecule has 2 N–H and O–H groups in total. The molecule has 0 bridgehead atoms. The minimum atomic E-state index is -0.945. The van der Waals surface area contributed by atoms with Crippen molar-refractivity contribution < 1.29 is 14.7 Å². The van der Waals surface area contributed by atoms with Crippen LogP contribution in [0.3, 0.4) is 0 Å². The summed E-state index contributed by atoms with van der Waals surface area (Å²) in [6.07, 6.45) is 4.30. The van der Waals surface area contributed by atoms with Gasteiger partial charge in [-0.3, -0.25) is 4.79 Å². The maximum Gasteiger partial charge on any atom is 0.326 e. The van der Waals surface area contributed by atoms with E-state index in [1.807, 2.05) is 37.3 Å². The van der Waals surface area contributed by atoms with Crippen molar-refractivity contribution in [3.05, 3.63) is 35.9 Å². The van der Waals surface area contributed by atoms with Crippen LogP contribution in [0.4, 0.5) is 0 Å². The van der Waals surface area contributed by atoms with E-state index in [9.17, 15) is 14.7 Å². The Morgan fingerprint density at radius 3 is 2.48 bits per heavy atom. The molecule has 1 fully saturated rings. The predicted molar refractivity (Wildman–Crippen MR) is 81.0 cm³/mol. The number of unbranched alkanes of at least 4 members (excludes halogenated alkanes) is 1. The minimum absolute atomic E-state index is 0.146. The molecular formula is C17H23NO3. The lowest BCUT2D eigenvalue weighted by molar-refractivity contribution is -0.142. The van der Waals surface area contributed by atoms with E-state index in [1.54, 1.807) is 0 Å². The maximum atomic E-state index is 12.5. The van der Waals surface area contributed by atoms with Crippen LogP contribution in [0.15, 0.2) is 30.3 Å². The molecule has 1 aliphatic carbocycles. The van der Waals surface area contributed by atoms with Crippen molar-refractivity contribution in [3.63, 3.8) is 0 Å². The van der Waals surface area contributed by atoms with Crippen LogP contribution in [0.25, 0.3) is 0 Å². The average molecular weight is 289 g/mol. The molecule has 0 heterocycles. The highest BCUT2D eigenvalue weighted by Gasteiger charge is 2.38. The van der Waals surface area contributed by atoms with Crippen molar-refractivity contribution in [2.45, 2.75) is 51.0 Å². The van der Waals surface area contributed by atoms with E-state index in [-0.39, 0.29) is 11.8 Å². The molecule has 1 aliphatic rings. The first-order valence-electron chi connectivity index (χ1n) is 7.71. The summed E-state index contributed by atoms with van der Waals surface area (Å²) in [7, 11) is 0. The SMILES string of the molecule is CCCC[C@H](NC(=O)C(c1ccccc1)C1CC1)C(=O)O. The fourth-order valence-corrected chi connectivity index (χ4v) is 2.65.